The van der Waals surface area contributed by atoms with Crippen LogP contribution in [0.5, 0.6) is 0 Å². The van der Waals surface area contributed by atoms with Crippen molar-refractivity contribution >= 4 is 23.3 Å². The van der Waals surface area contributed by atoms with E-state index in [0.717, 1.165) is 13.0 Å². The van der Waals surface area contributed by atoms with E-state index in [0.29, 0.717) is 35.4 Å². The van der Waals surface area contributed by atoms with Crippen molar-refractivity contribution in [1.82, 2.24) is 0 Å². The lowest BCUT2D eigenvalue weighted by Gasteiger charge is -2.10. The standard InChI is InChI=1S/C12H14ClNO3/c13-11-2-1-9(14)5-10(11)12(15)17-7-8-3-4-16-6-8/h1-2,5,8H,3-4,6-7,14H2. The summed E-state index contributed by atoms with van der Waals surface area (Å²) < 4.78 is 10.4. The zero-order valence-electron chi connectivity index (χ0n) is 9.32. The molecule has 5 heteroatoms. The highest BCUT2D eigenvalue weighted by atomic mass is 35.5. The van der Waals surface area contributed by atoms with Crippen molar-refractivity contribution in [3.8, 4) is 0 Å². The summed E-state index contributed by atoms with van der Waals surface area (Å²) in [7, 11) is 0. The van der Waals surface area contributed by atoms with Gasteiger partial charge in [0.2, 0.25) is 0 Å². The number of nitrogens with two attached hydrogens (primary N) is 1. The van der Waals surface area contributed by atoms with Crippen molar-refractivity contribution in [1.29, 1.82) is 0 Å². The predicted molar refractivity (Wildman–Crippen MR) is 65.1 cm³/mol. The second kappa shape index (κ2) is 5.38. The van der Waals surface area contributed by atoms with Gasteiger partial charge in [0, 0.05) is 18.2 Å². The minimum Gasteiger partial charge on any atom is -0.462 e. The minimum atomic E-state index is -0.436. The molecular weight excluding hydrogens is 242 g/mol. The van der Waals surface area contributed by atoms with Crippen LogP contribution in [0.25, 0.3) is 0 Å². The number of anilines is 1. The molecule has 1 saturated heterocycles. The van der Waals surface area contributed by atoms with Gasteiger partial charge in [0.15, 0.2) is 0 Å². The Morgan fingerprint density at radius 3 is 3.12 bits per heavy atom. The van der Waals surface area contributed by atoms with E-state index < -0.39 is 5.97 Å². The summed E-state index contributed by atoms with van der Waals surface area (Å²) in [6.45, 7) is 1.75. The van der Waals surface area contributed by atoms with E-state index in [1.807, 2.05) is 0 Å². The Hall–Kier alpha value is -1.26. The average molecular weight is 256 g/mol. The molecule has 0 saturated carbocycles. The number of carbonyl (C=O) groups is 1. The first-order valence-electron chi connectivity index (χ1n) is 5.46. The molecule has 1 unspecified atom stereocenters. The number of halogens is 1. The van der Waals surface area contributed by atoms with E-state index in [1.54, 1.807) is 12.1 Å². The van der Waals surface area contributed by atoms with Crippen LogP contribution in [0, 0.1) is 5.92 Å². The van der Waals surface area contributed by atoms with Crippen LogP contribution in [0.15, 0.2) is 18.2 Å². The van der Waals surface area contributed by atoms with Gasteiger partial charge in [-0.3, -0.25) is 0 Å². The van der Waals surface area contributed by atoms with Gasteiger partial charge < -0.3 is 15.2 Å². The van der Waals surface area contributed by atoms with E-state index in [9.17, 15) is 4.79 Å². The van der Waals surface area contributed by atoms with Crippen LogP contribution in [-0.2, 0) is 9.47 Å². The Labute approximate surface area is 105 Å². The molecule has 1 aliphatic heterocycles. The lowest BCUT2D eigenvalue weighted by atomic mass is 10.1. The summed E-state index contributed by atoms with van der Waals surface area (Å²) in [4.78, 5) is 11.8. The molecule has 17 heavy (non-hydrogen) atoms. The Morgan fingerprint density at radius 1 is 1.59 bits per heavy atom. The second-order valence-electron chi connectivity index (χ2n) is 4.07. The largest absolute Gasteiger partial charge is 0.462 e. The van der Waals surface area contributed by atoms with Crippen LogP contribution >= 0.6 is 11.6 Å². The highest BCUT2D eigenvalue weighted by molar-refractivity contribution is 6.33. The third-order valence-electron chi connectivity index (χ3n) is 2.68. The van der Waals surface area contributed by atoms with Crippen LogP contribution in [-0.4, -0.2) is 25.8 Å². The van der Waals surface area contributed by atoms with Crippen molar-refractivity contribution in [3.05, 3.63) is 28.8 Å². The third kappa shape index (κ3) is 3.11. The Bertz CT molecular complexity index is 416. The highest BCUT2D eigenvalue weighted by Crippen LogP contribution is 2.20. The molecule has 1 fully saturated rings. The fraction of sp³-hybridized carbons (Fsp3) is 0.417. The summed E-state index contributed by atoms with van der Waals surface area (Å²) in [5.74, 6) is -0.145. The van der Waals surface area contributed by atoms with Crippen LogP contribution in [0.4, 0.5) is 5.69 Å². The number of carbonyl (C=O) groups excluding carboxylic acids is 1. The number of hydrogen-bond acceptors (Lipinski definition) is 4. The SMILES string of the molecule is Nc1ccc(Cl)c(C(=O)OCC2CCOC2)c1. The fourth-order valence-corrected chi connectivity index (χ4v) is 1.88. The molecule has 2 rings (SSSR count). The lowest BCUT2D eigenvalue weighted by Crippen LogP contribution is -2.14. The quantitative estimate of drug-likeness (QED) is 0.664. The van der Waals surface area contributed by atoms with Gasteiger partial charge in [-0.05, 0) is 24.6 Å². The minimum absolute atomic E-state index is 0.291. The molecule has 1 atom stereocenters. The smallest absolute Gasteiger partial charge is 0.339 e. The van der Waals surface area contributed by atoms with E-state index in [4.69, 9.17) is 26.8 Å². The van der Waals surface area contributed by atoms with E-state index >= 15 is 0 Å². The Kier molecular flexibility index (Phi) is 3.86. The van der Waals surface area contributed by atoms with Gasteiger partial charge in [0.1, 0.15) is 0 Å². The summed E-state index contributed by atoms with van der Waals surface area (Å²) in [6.07, 6.45) is 0.929. The Morgan fingerprint density at radius 2 is 2.41 bits per heavy atom. The summed E-state index contributed by atoms with van der Waals surface area (Å²) >= 11 is 5.91. The molecular formula is C12H14ClNO3. The zero-order valence-corrected chi connectivity index (χ0v) is 10.1. The van der Waals surface area contributed by atoms with Crippen LogP contribution in [0.3, 0.4) is 0 Å². The van der Waals surface area contributed by atoms with Gasteiger partial charge in [-0.25, -0.2) is 4.79 Å². The maximum Gasteiger partial charge on any atom is 0.339 e. The number of benzene rings is 1. The summed E-state index contributed by atoms with van der Waals surface area (Å²) in [5.41, 5.74) is 6.40. The van der Waals surface area contributed by atoms with Crippen LogP contribution in [0.2, 0.25) is 5.02 Å². The number of rotatable bonds is 3. The normalized spacial score (nSPS) is 19.2. The molecule has 2 N–H and O–H groups in total. The number of esters is 1. The van der Waals surface area contributed by atoms with Gasteiger partial charge in [-0.2, -0.15) is 0 Å². The number of ether oxygens (including phenoxy) is 2. The lowest BCUT2D eigenvalue weighted by molar-refractivity contribution is 0.0428. The summed E-state index contributed by atoms with van der Waals surface area (Å²) in [6, 6.07) is 4.76. The van der Waals surface area contributed by atoms with Gasteiger partial charge in [-0.15, -0.1) is 0 Å². The molecule has 0 spiro atoms. The molecule has 1 heterocycles. The van der Waals surface area contributed by atoms with Crippen molar-refractivity contribution in [2.24, 2.45) is 5.92 Å². The molecule has 4 nitrogen and oxygen atoms in total. The molecule has 1 aromatic carbocycles. The maximum absolute atomic E-state index is 11.8. The number of hydrogen-bond donors (Lipinski definition) is 1. The fourth-order valence-electron chi connectivity index (χ4n) is 1.69. The number of nitrogen functional groups attached to an aromatic ring is 1. The van der Waals surface area contributed by atoms with E-state index in [-0.39, 0.29) is 0 Å². The first kappa shape index (κ1) is 12.2. The zero-order chi connectivity index (χ0) is 12.3. The van der Waals surface area contributed by atoms with Gasteiger partial charge in [0.05, 0.1) is 23.8 Å². The van der Waals surface area contributed by atoms with Gasteiger partial charge in [0.25, 0.3) is 0 Å². The second-order valence-corrected chi connectivity index (χ2v) is 4.47. The third-order valence-corrected chi connectivity index (χ3v) is 3.01. The highest BCUT2D eigenvalue weighted by Gasteiger charge is 2.19. The molecule has 0 aliphatic carbocycles. The predicted octanol–water partition coefficient (Wildman–Crippen LogP) is 2.12. The first-order chi connectivity index (χ1) is 8.16. The van der Waals surface area contributed by atoms with Gasteiger partial charge >= 0.3 is 5.97 Å². The van der Waals surface area contributed by atoms with Gasteiger partial charge in [-0.1, -0.05) is 11.6 Å². The molecule has 0 radical (unpaired) electrons. The average Bonchev–Trinajstić information content (AvgIpc) is 2.82. The van der Waals surface area contributed by atoms with Crippen molar-refractivity contribution in [2.45, 2.75) is 6.42 Å². The van der Waals surface area contributed by atoms with Crippen LogP contribution < -0.4 is 5.73 Å². The van der Waals surface area contributed by atoms with Crippen molar-refractivity contribution in [2.75, 3.05) is 25.6 Å². The first-order valence-corrected chi connectivity index (χ1v) is 5.84. The molecule has 0 aromatic heterocycles. The summed E-state index contributed by atoms with van der Waals surface area (Å²) in [5, 5.41) is 0.354. The van der Waals surface area contributed by atoms with Crippen molar-refractivity contribution < 1.29 is 14.3 Å². The Balaban J connectivity index is 1.96. The van der Waals surface area contributed by atoms with E-state index in [2.05, 4.69) is 0 Å². The molecule has 1 aliphatic rings. The van der Waals surface area contributed by atoms with Crippen LogP contribution in [0.1, 0.15) is 16.8 Å². The molecule has 0 amide bonds. The van der Waals surface area contributed by atoms with Crippen molar-refractivity contribution in [3.63, 3.8) is 0 Å². The topological polar surface area (TPSA) is 61.6 Å². The maximum atomic E-state index is 11.8. The monoisotopic (exact) mass is 255 g/mol. The van der Waals surface area contributed by atoms with E-state index in [1.165, 1.54) is 6.07 Å². The molecule has 1 aromatic rings. The molecule has 92 valence electrons. The molecule has 0 bridgehead atoms.